The monoisotopic (exact) mass is 568 g/mol. The fraction of sp³-hybridized carbons (Fsp3) is 0.154. The quantitative estimate of drug-likeness (QED) is 0.110. The lowest BCUT2D eigenvalue weighted by atomic mass is 9.99. The van der Waals surface area contributed by atoms with Crippen molar-refractivity contribution in [2.24, 2.45) is 5.16 Å². The topological polar surface area (TPSA) is 168 Å². The van der Waals surface area contributed by atoms with Crippen molar-refractivity contribution >= 4 is 45.6 Å². The lowest BCUT2D eigenvalue weighted by molar-refractivity contribution is -0.394. The number of oxime groups is 1. The first kappa shape index (κ1) is 27.9. The number of methoxy groups -OCH3 is 2. The van der Waals surface area contributed by atoms with Gasteiger partial charge in [-0.1, -0.05) is 28.9 Å². The first-order valence-corrected chi connectivity index (χ1v) is 11.9. The van der Waals surface area contributed by atoms with Gasteiger partial charge in [-0.15, -0.1) is 0 Å². The van der Waals surface area contributed by atoms with Crippen LogP contribution in [0.5, 0.6) is 17.2 Å². The number of non-ortho nitro benzene ring substituents is 1. The molecule has 4 rings (SSSR count). The molecule has 4 aromatic rings. The summed E-state index contributed by atoms with van der Waals surface area (Å²) in [6, 6.07) is 12.9. The van der Waals surface area contributed by atoms with Crippen LogP contribution in [0.2, 0.25) is 5.02 Å². The number of carbonyl (C=O) groups excluding carboxylic acids is 1. The Kier molecular flexibility index (Phi) is 8.15. The van der Waals surface area contributed by atoms with Gasteiger partial charge < -0.3 is 24.0 Å². The number of aromatic amines is 1. The molecule has 206 valence electrons. The lowest BCUT2D eigenvalue weighted by Gasteiger charge is -2.10. The molecule has 0 spiro atoms. The summed E-state index contributed by atoms with van der Waals surface area (Å²) in [5, 5.41) is 27.7. The molecule has 0 saturated carbocycles. The SMILES string of the molecule is CCOC(=O)/C(=N\Oc1ccc([N+](=O)[O-])cc1[N+](=O)[O-])c1[nH]c2cc(OC)cc(OC)c2c1-c1ccc(Cl)cc1. The number of hydrogen-bond acceptors (Lipinski definition) is 10. The van der Waals surface area contributed by atoms with Crippen molar-refractivity contribution < 1.29 is 33.7 Å². The van der Waals surface area contributed by atoms with Crippen LogP contribution < -0.4 is 14.3 Å². The van der Waals surface area contributed by atoms with Crippen LogP contribution in [0, 0.1) is 20.2 Å². The minimum Gasteiger partial charge on any atom is -0.497 e. The Labute approximate surface area is 231 Å². The summed E-state index contributed by atoms with van der Waals surface area (Å²) in [5.41, 5.74) is 0.141. The fourth-order valence-electron chi connectivity index (χ4n) is 3.95. The van der Waals surface area contributed by atoms with E-state index in [9.17, 15) is 25.0 Å². The smallest absolute Gasteiger partial charge is 0.362 e. The molecule has 0 fully saturated rings. The van der Waals surface area contributed by atoms with Crippen LogP contribution in [0.15, 0.2) is 59.8 Å². The zero-order valence-corrected chi connectivity index (χ0v) is 22.1. The molecule has 13 nitrogen and oxygen atoms in total. The van der Waals surface area contributed by atoms with E-state index >= 15 is 0 Å². The second-order valence-electron chi connectivity index (χ2n) is 8.05. The number of benzene rings is 3. The predicted octanol–water partition coefficient (Wildman–Crippen LogP) is 5.67. The average Bonchev–Trinajstić information content (AvgIpc) is 3.32. The van der Waals surface area contributed by atoms with Gasteiger partial charge in [0.05, 0.1) is 53.3 Å². The van der Waals surface area contributed by atoms with Crippen molar-refractivity contribution in [3.05, 3.63) is 85.5 Å². The normalized spacial score (nSPS) is 11.2. The van der Waals surface area contributed by atoms with Gasteiger partial charge in [-0.3, -0.25) is 20.2 Å². The maximum atomic E-state index is 13.2. The number of aromatic nitrogens is 1. The van der Waals surface area contributed by atoms with Gasteiger partial charge in [0.1, 0.15) is 11.5 Å². The van der Waals surface area contributed by atoms with E-state index in [4.69, 9.17) is 30.6 Å². The minimum absolute atomic E-state index is 0.0107. The van der Waals surface area contributed by atoms with Crippen LogP contribution >= 0.6 is 11.6 Å². The highest BCUT2D eigenvalue weighted by atomic mass is 35.5. The molecule has 0 aliphatic rings. The summed E-state index contributed by atoms with van der Waals surface area (Å²) < 4.78 is 16.2. The molecule has 40 heavy (non-hydrogen) atoms. The van der Waals surface area contributed by atoms with Gasteiger partial charge in [0, 0.05) is 28.8 Å². The number of nitro groups is 2. The summed E-state index contributed by atoms with van der Waals surface area (Å²) in [6.45, 7) is 1.58. The van der Waals surface area contributed by atoms with E-state index in [-0.39, 0.29) is 18.0 Å². The Hall–Kier alpha value is -5.17. The number of nitro benzene ring substituents is 2. The van der Waals surface area contributed by atoms with E-state index in [1.54, 1.807) is 43.3 Å². The number of H-pyrrole nitrogens is 1. The molecule has 0 saturated heterocycles. The number of nitrogens with one attached hydrogen (secondary N) is 1. The number of hydrogen-bond donors (Lipinski definition) is 1. The molecule has 1 heterocycles. The van der Waals surface area contributed by atoms with Crippen LogP contribution in [0.25, 0.3) is 22.0 Å². The maximum absolute atomic E-state index is 13.2. The third-order valence-electron chi connectivity index (χ3n) is 5.71. The van der Waals surface area contributed by atoms with Crippen molar-refractivity contribution in [1.82, 2.24) is 4.98 Å². The summed E-state index contributed by atoms with van der Waals surface area (Å²) >= 11 is 6.11. The number of halogens is 1. The van der Waals surface area contributed by atoms with Crippen molar-refractivity contribution in [3.63, 3.8) is 0 Å². The predicted molar refractivity (Wildman–Crippen MR) is 145 cm³/mol. The number of esters is 1. The Morgan fingerprint density at radius 1 is 0.975 bits per heavy atom. The van der Waals surface area contributed by atoms with E-state index in [0.717, 1.165) is 18.2 Å². The number of carbonyl (C=O) groups is 1. The van der Waals surface area contributed by atoms with Crippen LogP contribution in [0.3, 0.4) is 0 Å². The second kappa shape index (κ2) is 11.7. The molecular weight excluding hydrogens is 548 g/mol. The first-order valence-electron chi connectivity index (χ1n) is 11.6. The van der Waals surface area contributed by atoms with Gasteiger partial charge >= 0.3 is 11.7 Å². The summed E-state index contributed by atoms with van der Waals surface area (Å²) in [7, 11) is 2.96. The van der Waals surface area contributed by atoms with Gasteiger partial charge in [0.15, 0.2) is 0 Å². The minimum atomic E-state index is -0.903. The highest BCUT2D eigenvalue weighted by molar-refractivity contribution is 6.45. The van der Waals surface area contributed by atoms with Crippen molar-refractivity contribution in [2.75, 3.05) is 20.8 Å². The van der Waals surface area contributed by atoms with Crippen molar-refractivity contribution in [3.8, 4) is 28.4 Å². The molecule has 0 aliphatic carbocycles. The first-order chi connectivity index (χ1) is 19.2. The molecule has 1 N–H and O–H groups in total. The zero-order chi connectivity index (χ0) is 29.0. The number of rotatable bonds is 10. The molecule has 1 aromatic heterocycles. The zero-order valence-electron chi connectivity index (χ0n) is 21.3. The van der Waals surface area contributed by atoms with Crippen molar-refractivity contribution in [1.29, 1.82) is 0 Å². The van der Waals surface area contributed by atoms with E-state index in [2.05, 4.69) is 10.1 Å². The van der Waals surface area contributed by atoms with Crippen molar-refractivity contribution in [2.45, 2.75) is 6.92 Å². The fourth-order valence-corrected chi connectivity index (χ4v) is 4.07. The van der Waals surface area contributed by atoms with E-state index < -0.39 is 32.9 Å². The van der Waals surface area contributed by atoms with Gasteiger partial charge in [-0.05, 0) is 30.7 Å². The highest BCUT2D eigenvalue weighted by Gasteiger charge is 2.28. The molecular formula is C26H21ClN4O9. The van der Waals surface area contributed by atoms with Gasteiger partial charge in [-0.25, -0.2) is 4.79 Å². The Morgan fingerprint density at radius 3 is 2.30 bits per heavy atom. The number of fused-ring (bicyclic) bond motifs is 1. The summed E-state index contributed by atoms with van der Waals surface area (Å²) in [6.07, 6.45) is 0. The highest BCUT2D eigenvalue weighted by Crippen LogP contribution is 2.41. The third-order valence-corrected chi connectivity index (χ3v) is 5.97. The molecule has 0 atom stereocenters. The maximum Gasteiger partial charge on any atom is 0.362 e. The lowest BCUT2D eigenvalue weighted by Crippen LogP contribution is -2.21. The molecule has 0 radical (unpaired) electrons. The van der Waals surface area contributed by atoms with Crippen LogP contribution in [-0.4, -0.2) is 47.3 Å². The Balaban J connectivity index is 1.98. The number of ether oxygens (including phenoxy) is 3. The van der Waals surface area contributed by atoms with Crippen LogP contribution in [0.1, 0.15) is 12.6 Å². The Morgan fingerprint density at radius 2 is 1.70 bits per heavy atom. The van der Waals surface area contributed by atoms with Gasteiger partial charge in [0.25, 0.3) is 5.69 Å². The van der Waals surface area contributed by atoms with E-state index in [0.29, 0.717) is 38.6 Å². The second-order valence-corrected chi connectivity index (χ2v) is 8.49. The standard InChI is InChI=1S/C26H21ClN4O9/c1-4-39-26(32)25(29-40-20-10-9-16(30(33)34)11-19(20)31(35)36)24-22(14-5-7-15(27)8-6-14)23-18(28-24)12-17(37-2)13-21(23)38-3/h5-13,28H,4H2,1-3H3/b29-25-. The Bertz CT molecular complexity index is 1650. The molecule has 14 heteroatoms. The van der Waals surface area contributed by atoms with E-state index in [1.807, 2.05) is 0 Å². The third kappa shape index (κ3) is 5.49. The molecule has 0 unspecified atom stereocenters. The summed E-state index contributed by atoms with van der Waals surface area (Å²) in [5.74, 6) is -0.454. The van der Waals surface area contributed by atoms with E-state index in [1.165, 1.54) is 14.2 Å². The number of nitrogens with zero attached hydrogens (tertiary/aromatic N) is 3. The molecule has 0 bridgehead atoms. The molecule has 0 amide bonds. The summed E-state index contributed by atoms with van der Waals surface area (Å²) in [4.78, 5) is 42.7. The largest absolute Gasteiger partial charge is 0.497 e. The molecule has 0 aliphatic heterocycles. The van der Waals surface area contributed by atoms with Crippen LogP contribution in [0.4, 0.5) is 11.4 Å². The van der Waals surface area contributed by atoms with Gasteiger partial charge in [-0.2, -0.15) is 0 Å². The molecule has 3 aromatic carbocycles. The van der Waals surface area contributed by atoms with Gasteiger partial charge in [0.2, 0.25) is 11.5 Å². The average molecular weight is 569 g/mol. The van der Waals surface area contributed by atoms with Crippen LogP contribution in [-0.2, 0) is 9.53 Å².